The van der Waals surface area contributed by atoms with Crippen LogP contribution in [-0.2, 0) is 0 Å². The van der Waals surface area contributed by atoms with Gasteiger partial charge in [0.05, 0.1) is 18.1 Å². The van der Waals surface area contributed by atoms with Crippen LogP contribution in [0.1, 0.15) is 5.69 Å². The highest BCUT2D eigenvalue weighted by Crippen LogP contribution is 2.17. The highest BCUT2D eigenvalue weighted by atomic mass is 15.0. The van der Waals surface area contributed by atoms with Crippen molar-refractivity contribution in [1.29, 1.82) is 0 Å². The lowest BCUT2D eigenvalue weighted by Gasteiger charge is -2.03. The van der Waals surface area contributed by atoms with E-state index in [2.05, 4.69) is 20.3 Å². The van der Waals surface area contributed by atoms with E-state index in [0.717, 1.165) is 22.8 Å². The van der Waals surface area contributed by atoms with Crippen LogP contribution in [-0.4, -0.2) is 22.0 Å². The molecule has 1 N–H and O–H groups in total. The predicted octanol–water partition coefficient (Wildman–Crippen LogP) is 1.89. The number of anilines is 1. The Kier molecular flexibility index (Phi) is 2.58. The molecular weight excluding hydrogens is 188 g/mol. The lowest BCUT2D eigenvalue weighted by molar-refractivity contribution is 1.17. The third kappa shape index (κ3) is 2.10. The summed E-state index contributed by atoms with van der Waals surface area (Å²) in [5.41, 5.74) is 2.86. The number of aryl methyl sites for hydroxylation is 1. The molecule has 2 heterocycles. The molecule has 4 heteroatoms. The maximum Gasteiger partial charge on any atom is 0.144 e. The van der Waals surface area contributed by atoms with Gasteiger partial charge in [-0.25, -0.2) is 4.98 Å². The molecule has 0 aliphatic carbocycles. The molecule has 0 aromatic carbocycles. The first-order chi connectivity index (χ1) is 7.29. The molecule has 0 atom stereocenters. The van der Waals surface area contributed by atoms with Crippen molar-refractivity contribution in [1.82, 2.24) is 15.0 Å². The standard InChI is InChI=1S/C11H12N4/c1-8-5-9(3-4-14-8)10-6-13-7-11(12-2)15-10/h3-7H,1-2H3,(H,12,15). The zero-order chi connectivity index (χ0) is 10.7. The molecule has 0 saturated heterocycles. The minimum atomic E-state index is 0.766. The fraction of sp³-hybridized carbons (Fsp3) is 0.182. The van der Waals surface area contributed by atoms with Crippen molar-refractivity contribution in [2.24, 2.45) is 0 Å². The number of nitrogens with zero attached hydrogens (tertiary/aromatic N) is 3. The van der Waals surface area contributed by atoms with Gasteiger partial charge in [0, 0.05) is 24.5 Å². The Labute approximate surface area is 88.4 Å². The molecule has 0 spiro atoms. The molecule has 76 valence electrons. The summed E-state index contributed by atoms with van der Waals surface area (Å²) in [7, 11) is 1.82. The molecule has 0 aliphatic heterocycles. The summed E-state index contributed by atoms with van der Waals surface area (Å²) in [6.07, 6.45) is 5.21. The molecule has 0 amide bonds. The molecule has 2 rings (SSSR count). The zero-order valence-corrected chi connectivity index (χ0v) is 8.73. The van der Waals surface area contributed by atoms with Gasteiger partial charge in [-0.05, 0) is 19.1 Å². The number of nitrogens with one attached hydrogen (secondary N) is 1. The second-order valence-corrected chi connectivity index (χ2v) is 3.23. The Morgan fingerprint density at radius 2 is 2.13 bits per heavy atom. The van der Waals surface area contributed by atoms with Crippen molar-refractivity contribution >= 4 is 5.82 Å². The van der Waals surface area contributed by atoms with Gasteiger partial charge in [0.15, 0.2) is 0 Å². The smallest absolute Gasteiger partial charge is 0.144 e. The number of aromatic nitrogens is 3. The van der Waals surface area contributed by atoms with Crippen molar-refractivity contribution in [2.45, 2.75) is 6.92 Å². The van der Waals surface area contributed by atoms with Crippen molar-refractivity contribution in [2.75, 3.05) is 12.4 Å². The van der Waals surface area contributed by atoms with Crippen LogP contribution < -0.4 is 5.32 Å². The van der Waals surface area contributed by atoms with Gasteiger partial charge in [0.25, 0.3) is 0 Å². The first-order valence-electron chi connectivity index (χ1n) is 4.72. The van der Waals surface area contributed by atoms with E-state index in [1.807, 2.05) is 26.1 Å². The highest BCUT2D eigenvalue weighted by molar-refractivity contribution is 5.59. The molecule has 15 heavy (non-hydrogen) atoms. The molecule has 0 aliphatic rings. The van der Waals surface area contributed by atoms with Crippen molar-refractivity contribution < 1.29 is 0 Å². The summed E-state index contributed by atoms with van der Waals surface area (Å²) in [6.45, 7) is 1.96. The maximum absolute atomic E-state index is 4.40. The van der Waals surface area contributed by atoms with Crippen LogP contribution in [0.15, 0.2) is 30.7 Å². The van der Waals surface area contributed by atoms with E-state index in [-0.39, 0.29) is 0 Å². The SMILES string of the molecule is CNc1cncc(-c2ccnc(C)c2)n1. The first-order valence-corrected chi connectivity index (χ1v) is 4.72. The maximum atomic E-state index is 4.40. The third-order valence-electron chi connectivity index (χ3n) is 2.08. The molecule has 0 fully saturated rings. The van der Waals surface area contributed by atoms with Gasteiger partial charge in [0.2, 0.25) is 0 Å². The molecule has 0 unspecified atom stereocenters. The zero-order valence-electron chi connectivity index (χ0n) is 8.73. The van der Waals surface area contributed by atoms with E-state index >= 15 is 0 Å². The Balaban J connectivity index is 2.44. The fourth-order valence-electron chi connectivity index (χ4n) is 1.33. The molecule has 2 aromatic rings. The number of pyridine rings is 1. The third-order valence-corrected chi connectivity index (χ3v) is 2.08. The van der Waals surface area contributed by atoms with E-state index in [9.17, 15) is 0 Å². The van der Waals surface area contributed by atoms with Gasteiger partial charge in [0.1, 0.15) is 5.82 Å². The Bertz CT molecular complexity index is 468. The quantitative estimate of drug-likeness (QED) is 0.804. The fourth-order valence-corrected chi connectivity index (χ4v) is 1.33. The monoisotopic (exact) mass is 200 g/mol. The van der Waals surface area contributed by atoms with Crippen LogP contribution in [0.3, 0.4) is 0 Å². The molecule has 2 aromatic heterocycles. The second-order valence-electron chi connectivity index (χ2n) is 3.23. The van der Waals surface area contributed by atoms with Crippen LogP contribution in [0, 0.1) is 6.92 Å². The van der Waals surface area contributed by atoms with Crippen LogP contribution >= 0.6 is 0 Å². The Morgan fingerprint density at radius 3 is 2.87 bits per heavy atom. The van der Waals surface area contributed by atoms with E-state index in [1.54, 1.807) is 18.6 Å². The summed E-state index contributed by atoms with van der Waals surface area (Å²) in [4.78, 5) is 12.7. The normalized spacial score (nSPS) is 10.0. The second kappa shape index (κ2) is 4.04. The molecular formula is C11H12N4. The first kappa shape index (κ1) is 9.58. The van der Waals surface area contributed by atoms with Crippen LogP contribution in [0.2, 0.25) is 0 Å². The van der Waals surface area contributed by atoms with Gasteiger partial charge in [-0.2, -0.15) is 0 Å². The van der Waals surface area contributed by atoms with Gasteiger partial charge in [-0.3, -0.25) is 9.97 Å². The molecule has 0 radical (unpaired) electrons. The van der Waals surface area contributed by atoms with E-state index in [4.69, 9.17) is 0 Å². The van der Waals surface area contributed by atoms with Crippen molar-refractivity contribution in [3.05, 3.63) is 36.4 Å². The summed E-state index contributed by atoms with van der Waals surface area (Å²) in [6, 6.07) is 3.92. The van der Waals surface area contributed by atoms with Crippen LogP contribution in [0.25, 0.3) is 11.3 Å². The van der Waals surface area contributed by atoms with E-state index in [0.29, 0.717) is 0 Å². The van der Waals surface area contributed by atoms with Crippen LogP contribution in [0.5, 0.6) is 0 Å². The predicted molar refractivity (Wildman–Crippen MR) is 59.5 cm³/mol. The minimum absolute atomic E-state index is 0.766. The molecule has 4 nitrogen and oxygen atoms in total. The lowest BCUT2D eigenvalue weighted by Crippen LogP contribution is -1.95. The summed E-state index contributed by atoms with van der Waals surface area (Å²) in [5.74, 6) is 0.766. The lowest BCUT2D eigenvalue weighted by atomic mass is 10.2. The van der Waals surface area contributed by atoms with Gasteiger partial charge >= 0.3 is 0 Å². The largest absolute Gasteiger partial charge is 0.372 e. The minimum Gasteiger partial charge on any atom is -0.372 e. The van der Waals surface area contributed by atoms with Crippen molar-refractivity contribution in [3.63, 3.8) is 0 Å². The van der Waals surface area contributed by atoms with Crippen LogP contribution in [0.4, 0.5) is 5.82 Å². The average molecular weight is 200 g/mol. The van der Waals surface area contributed by atoms with E-state index in [1.165, 1.54) is 0 Å². The van der Waals surface area contributed by atoms with Gasteiger partial charge in [-0.1, -0.05) is 0 Å². The number of rotatable bonds is 2. The highest BCUT2D eigenvalue weighted by Gasteiger charge is 2.01. The summed E-state index contributed by atoms with van der Waals surface area (Å²) >= 11 is 0. The average Bonchev–Trinajstić information content (AvgIpc) is 2.29. The summed E-state index contributed by atoms with van der Waals surface area (Å²) < 4.78 is 0. The van der Waals surface area contributed by atoms with Crippen molar-refractivity contribution in [3.8, 4) is 11.3 Å². The molecule has 0 bridgehead atoms. The Hall–Kier alpha value is -1.97. The number of hydrogen-bond acceptors (Lipinski definition) is 4. The topological polar surface area (TPSA) is 50.7 Å². The Morgan fingerprint density at radius 1 is 1.27 bits per heavy atom. The summed E-state index contributed by atoms with van der Waals surface area (Å²) in [5, 5.41) is 2.96. The molecule has 0 saturated carbocycles. The number of hydrogen-bond donors (Lipinski definition) is 1. The van der Waals surface area contributed by atoms with Gasteiger partial charge in [-0.15, -0.1) is 0 Å². The van der Waals surface area contributed by atoms with E-state index < -0.39 is 0 Å². The van der Waals surface area contributed by atoms with Gasteiger partial charge < -0.3 is 5.32 Å².